The van der Waals surface area contributed by atoms with Crippen LogP contribution in [0.15, 0.2) is 53.4 Å². The van der Waals surface area contributed by atoms with Crippen molar-refractivity contribution in [1.29, 1.82) is 0 Å². The van der Waals surface area contributed by atoms with E-state index in [0.29, 0.717) is 10.7 Å². The highest BCUT2D eigenvalue weighted by Crippen LogP contribution is 2.16. The zero-order chi connectivity index (χ0) is 19.2. The summed E-state index contributed by atoms with van der Waals surface area (Å²) in [5.41, 5.74) is 0.345. The van der Waals surface area contributed by atoms with Crippen LogP contribution in [0.1, 0.15) is 6.42 Å². The molecule has 0 aliphatic rings. The second kappa shape index (κ2) is 8.77. The fourth-order valence-corrected chi connectivity index (χ4v) is 3.27. The van der Waals surface area contributed by atoms with Gasteiger partial charge in [0.2, 0.25) is 0 Å². The summed E-state index contributed by atoms with van der Waals surface area (Å²) >= 11 is 5.70. The number of nitrogens with one attached hydrogen (secondary N) is 1. The van der Waals surface area contributed by atoms with Crippen molar-refractivity contribution in [3.63, 3.8) is 0 Å². The van der Waals surface area contributed by atoms with Gasteiger partial charge in [-0.25, -0.2) is 12.8 Å². The quantitative estimate of drug-likeness (QED) is 0.723. The van der Waals surface area contributed by atoms with Gasteiger partial charge in [-0.05, 0) is 48.5 Å². The first-order chi connectivity index (χ1) is 12.3. The molecule has 0 saturated carbocycles. The van der Waals surface area contributed by atoms with Crippen LogP contribution in [0.2, 0.25) is 5.02 Å². The topological polar surface area (TPSA) is 89.5 Å². The first-order valence-corrected chi connectivity index (χ1v) is 9.49. The SMILES string of the molecule is O=C(COC(=O)CCS(=O)(=O)c1ccc(Cl)cc1)Nc1ccc(F)cc1. The highest BCUT2D eigenvalue weighted by molar-refractivity contribution is 7.91. The van der Waals surface area contributed by atoms with E-state index in [1.807, 2.05) is 0 Å². The summed E-state index contributed by atoms with van der Waals surface area (Å²) in [4.78, 5) is 23.3. The highest BCUT2D eigenvalue weighted by atomic mass is 35.5. The number of carbonyl (C=O) groups excluding carboxylic acids is 2. The van der Waals surface area contributed by atoms with Crippen molar-refractivity contribution < 1.29 is 27.1 Å². The molecule has 0 atom stereocenters. The average molecular weight is 400 g/mol. The number of anilines is 1. The van der Waals surface area contributed by atoms with Gasteiger partial charge in [-0.3, -0.25) is 9.59 Å². The van der Waals surface area contributed by atoms with Gasteiger partial charge in [0.05, 0.1) is 17.1 Å². The van der Waals surface area contributed by atoms with Crippen LogP contribution in [0.4, 0.5) is 10.1 Å². The van der Waals surface area contributed by atoms with Gasteiger partial charge in [0.1, 0.15) is 5.82 Å². The molecular formula is C17H15ClFNO5S. The van der Waals surface area contributed by atoms with Crippen molar-refractivity contribution in [3.05, 3.63) is 59.4 Å². The molecule has 2 rings (SSSR count). The van der Waals surface area contributed by atoms with Crippen LogP contribution in [0, 0.1) is 5.82 Å². The summed E-state index contributed by atoms with van der Waals surface area (Å²) in [7, 11) is -3.66. The van der Waals surface area contributed by atoms with Crippen LogP contribution >= 0.6 is 11.6 Å². The number of halogens is 2. The third-order valence-corrected chi connectivity index (χ3v) is 5.22. The molecule has 2 aromatic rings. The molecule has 0 unspecified atom stereocenters. The lowest BCUT2D eigenvalue weighted by Crippen LogP contribution is -2.22. The lowest BCUT2D eigenvalue weighted by Gasteiger charge is -2.07. The maximum atomic E-state index is 12.8. The van der Waals surface area contributed by atoms with E-state index in [4.69, 9.17) is 16.3 Å². The van der Waals surface area contributed by atoms with E-state index in [9.17, 15) is 22.4 Å². The van der Waals surface area contributed by atoms with Gasteiger partial charge in [0.15, 0.2) is 16.4 Å². The van der Waals surface area contributed by atoms with E-state index in [1.165, 1.54) is 48.5 Å². The molecule has 6 nitrogen and oxygen atoms in total. The molecule has 26 heavy (non-hydrogen) atoms. The molecule has 0 aliphatic heterocycles. The van der Waals surface area contributed by atoms with Crippen LogP contribution in [0.25, 0.3) is 0 Å². The van der Waals surface area contributed by atoms with Crippen LogP contribution in [0.3, 0.4) is 0 Å². The second-order valence-corrected chi connectivity index (χ2v) is 7.78. The van der Waals surface area contributed by atoms with Crippen molar-refractivity contribution in [2.75, 3.05) is 17.7 Å². The molecule has 1 N–H and O–H groups in total. The number of amides is 1. The Labute approximate surface area is 154 Å². The molecule has 0 bridgehead atoms. The van der Waals surface area contributed by atoms with Gasteiger partial charge in [0.25, 0.3) is 5.91 Å². The Hall–Kier alpha value is -2.45. The Morgan fingerprint density at radius 2 is 1.65 bits per heavy atom. The third-order valence-electron chi connectivity index (χ3n) is 3.24. The molecular weight excluding hydrogens is 385 g/mol. The first kappa shape index (κ1) is 19.9. The van der Waals surface area contributed by atoms with Gasteiger partial charge >= 0.3 is 5.97 Å². The monoisotopic (exact) mass is 399 g/mol. The van der Waals surface area contributed by atoms with Crippen molar-refractivity contribution in [2.45, 2.75) is 11.3 Å². The van der Waals surface area contributed by atoms with Crippen molar-refractivity contribution >= 4 is 39.0 Å². The Kier molecular flexibility index (Phi) is 6.70. The minimum Gasteiger partial charge on any atom is -0.456 e. The number of carbonyl (C=O) groups is 2. The van der Waals surface area contributed by atoms with Crippen molar-refractivity contribution in [2.24, 2.45) is 0 Å². The number of hydrogen-bond donors (Lipinski definition) is 1. The van der Waals surface area contributed by atoms with E-state index in [1.54, 1.807) is 0 Å². The standard InChI is InChI=1S/C17H15ClFNO5S/c18-12-1-7-15(8-2-12)26(23,24)10-9-17(22)25-11-16(21)20-14-5-3-13(19)4-6-14/h1-8H,9-11H2,(H,20,21). The van der Waals surface area contributed by atoms with Gasteiger partial charge in [0, 0.05) is 10.7 Å². The van der Waals surface area contributed by atoms with Crippen LogP contribution < -0.4 is 5.32 Å². The summed E-state index contributed by atoms with van der Waals surface area (Å²) in [5.74, 6) is -2.34. The van der Waals surface area contributed by atoms with E-state index < -0.39 is 46.3 Å². The fourth-order valence-electron chi connectivity index (χ4n) is 1.93. The summed E-state index contributed by atoms with van der Waals surface area (Å²) < 4.78 is 41.7. The second-order valence-electron chi connectivity index (χ2n) is 5.24. The predicted molar refractivity (Wildman–Crippen MR) is 94.1 cm³/mol. The highest BCUT2D eigenvalue weighted by Gasteiger charge is 2.17. The molecule has 0 aliphatic carbocycles. The predicted octanol–water partition coefficient (Wildman–Crippen LogP) is 2.82. The van der Waals surface area contributed by atoms with Crippen LogP contribution in [0.5, 0.6) is 0 Å². The number of ether oxygens (including phenoxy) is 1. The van der Waals surface area contributed by atoms with Gasteiger partial charge < -0.3 is 10.1 Å². The lowest BCUT2D eigenvalue weighted by molar-refractivity contribution is -0.146. The first-order valence-electron chi connectivity index (χ1n) is 7.45. The zero-order valence-corrected chi connectivity index (χ0v) is 15.0. The Morgan fingerprint density at radius 1 is 1.04 bits per heavy atom. The van der Waals surface area contributed by atoms with Gasteiger partial charge in [-0.15, -0.1) is 0 Å². The van der Waals surface area contributed by atoms with Crippen molar-refractivity contribution in [3.8, 4) is 0 Å². The van der Waals surface area contributed by atoms with Crippen LogP contribution in [-0.4, -0.2) is 32.7 Å². The molecule has 0 radical (unpaired) electrons. The Balaban J connectivity index is 1.78. The molecule has 2 aromatic carbocycles. The minimum absolute atomic E-state index is 0.0451. The van der Waals surface area contributed by atoms with E-state index >= 15 is 0 Å². The number of rotatable bonds is 7. The fraction of sp³-hybridized carbons (Fsp3) is 0.176. The van der Waals surface area contributed by atoms with Crippen LogP contribution in [-0.2, 0) is 24.2 Å². The van der Waals surface area contributed by atoms with E-state index in [-0.39, 0.29) is 4.90 Å². The molecule has 0 spiro atoms. The summed E-state index contributed by atoms with van der Waals surface area (Å²) in [6.07, 6.45) is -0.394. The Morgan fingerprint density at radius 3 is 2.27 bits per heavy atom. The minimum atomic E-state index is -3.66. The number of esters is 1. The van der Waals surface area contributed by atoms with Crippen molar-refractivity contribution in [1.82, 2.24) is 0 Å². The smallest absolute Gasteiger partial charge is 0.307 e. The molecule has 0 aromatic heterocycles. The summed E-state index contributed by atoms with van der Waals surface area (Å²) in [6, 6.07) is 10.6. The number of sulfone groups is 1. The third kappa shape index (κ3) is 6.12. The summed E-state index contributed by atoms with van der Waals surface area (Å²) in [6.45, 7) is -0.572. The molecule has 0 heterocycles. The maximum absolute atomic E-state index is 12.8. The molecule has 9 heteroatoms. The molecule has 0 fully saturated rings. The normalized spacial score (nSPS) is 11.0. The maximum Gasteiger partial charge on any atom is 0.307 e. The van der Waals surface area contributed by atoms with E-state index in [0.717, 1.165) is 0 Å². The molecule has 138 valence electrons. The molecule has 0 saturated heterocycles. The van der Waals surface area contributed by atoms with Gasteiger partial charge in [-0.1, -0.05) is 11.6 Å². The number of benzene rings is 2. The van der Waals surface area contributed by atoms with Gasteiger partial charge in [-0.2, -0.15) is 0 Å². The molecule has 1 amide bonds. The summed E-state index contributed by atoms with van der Waals surface area (Å²) in [5, 5.41) is 2.81. The number of hydrogen-bond acceptors (Lipinski definition) is 5. The van der Waals surface area contributed by atoms with E-state index in [2.05, 4.69) is 5.32 Å². The largest absolute Gasteiger partial charge is 0.456 e. The zero-order valence-electron chi connectivity index (χ0n) is 13.4. The Bertz CT molecular complexity index is 882. The lowest BCUT2D eigenvalue weighted by atomic mass is 10.3. The average Bonchev–Trinajstić information content (AvgIpc) is 2.61.